The van der Waals surface area contributed by atoms with Gasteiger partial charge in [0.25, 0.3) is 5.91 Å². The van der Waals surface area contributed by atoms with Gasteiger partial charge in [-0.1, -0.05) is 85.2 Å². The number of esters is 3. The molecule has 17 heteroatoms. The number of rotatable bonds is 22. The molecule has 58 heavy (non-hydrogen) atoms. The van der Waals surface area contributed by atoms with Crippen LogP contribution in [0.5, 0.6) is 0 Å². The van der Waals surface area contributed by atoms with Crippen molar-refractivity contribution in [3.63, 3.8) is 0 Å². The van der Waals surface area contributed by atoms with Crippen LogP contribution < -0.4 is 26.6 Å². The Morgan fingerprint density at radius 2 is 1.33 bits per heavy atom. The summed E-state index contributed by atoms with van der Waals surface area (Å²) < 4.78 is 20.6. The highest BCUT2D eigenvalue weighted by molar-refractivity contribution is 6.12. The number of carbonyl (C=O) groups is 8. The molecule has 1 unspecified atom stereocenters. The second kappa shape index (κ2) is 23.9. The fourth-order valence-corrected chi connectivity index (χ4v) is 5.61. The number of nitrogens with one attached hydrogen (secondary N) is 5. The molecule has 0 aromatic heterocycles. The lowest BCUT2D eigenvalue weighted by atomic mass is 9.89. The summed E-state index contributed by atoms with van der Waals surface area (Å²) in [6, 6.07) is 3.97. The number of hydrogen-bond donors (Lipinski definition) is 5. The van der Waals surface area contributed by atoms with Gasteiger partial charge >= 0.3 is 24.0 Å². The largest absolute Gasteiger partial charge is 0.469 e. The van der Waals surface area contributed by atoms with Crippen LogP contribution in [0.15, 0.2) is 30.3 Å². The molecule has 6 atom stereocenters. The first-order valence-corrected chi connectivity index (χ1v) is 19.6. The van der Waals surface area contributed by atoms with Crippen LogP contribution in [-0.2, 0) is 59.1 Å². The Hall–Kier alpha value is -5.22. The van der Waals surface area contributed by atoms with Crippen molar-refractivity contribution in [2.24, 2.45) is 17.8 Å². The van der Waals surface area contributed by atoms with Crippen molar-refractivity contribution in [1.29, 1.82) is 0 Å². The second-order valence-corrected chi connectivity index (χ2v) is 15.9. The molecule has 0 aliphatic carbocycles. The Morgan fingerprint density at radius 3 is 1.83 bits per heavy atom. The second-order valence-electron chi connectivity index (χ2n) is 15.9. The topological polar surface area (TPSA) is 234 Å². The minimum absolute atomic E-state index is 0.00832. The van der Waals surface area contributed by atoms with Gasteiger partial charge in [0.05, 0.1) is 14.2 Å². The van der Waals surface area contributed by atoms with Crippen LogP contribution >= 0.6 is 0 Å². The summed E-state index contributed by atoms with van der Waals surface area (Å²) >= 11 is 0. The van der Waals surface area contributed by atoms with Crippen molar-refractivity contribution >= 4 is 47.6 Å². The summed E-state index contributed by atoms with van der Waals surface area (Å²) in [6.07, 6.45) is -1.61. The Bertz CT molecular complexity index is 1560. The van der Waals surface area contributed by atoms with E-state index in [1.165, 1.54) is 27.9 Å². The van der Waals surface area contributed by atoms with Gasteiger partial charge in [-0.05, 0) is 56.9 Å². The molecule has 0 spiro atoms. The van der Waals surface area contributed by atoms with E-state index in [2.05, 4.69) is 26.6 Å². The van der Waals surface area contributed by atoms with Crippen LogP contribution in [0.3, 0.4) is 0 Å². The standard InChI is InChI=1S/C41H65N5O12/c1-13-26(7)32(36(51)56-12)44-33(48)28(14-2)43-37(52)41(21-20-30(47)55-11,38(53)58-40(8,9)10)46-34(49)29(22-24(3)4)42-35(50)31(25(5)6)45-39(54)57-23-27-18-16-15-17-19-27/h15-19,24-26,28-29,31-32H,13-14,20-23H2,1-12H3,(H,42,50)(H,43,52)(H,44,48)(H,45,54)(H,46,49)/t26-,28-,29-,31-,32-,41?/m0/s1. The van der Waals surface area contributed by atoms with E-state index in [1.807, 2.05) is 13.0 Å². The summed E-state index contributed by atoms with van der Waals surface area (Å²) in [4.78, 5) is 108. The molecule has 0 aliphatic rings. The molecule has 1 aromatic rings. The molecule has 0 radical (unpaired) electrons. The summed E-state index contributed by atoms with van der Waals surface area (Å²) in [5.74, 6) is -7.55. The number of ether oxygens (including phenoxy) is 4. The van der Waals surface area contributed by atoms with Crippen LogP contribution in [-0.4, -0.2) is 97.2 Å². The van der Waals surface area contributed by atoms with Crippen LogP contribution in [0.25, 0.3) is 0 Å². The number of alkyl carbamates (subject to hydrolysis) is 1. The lowest BCUT2D eigenvalue weighted by molar-refractivity contribution is -0.169. The third-order valence-electron chi connectivity index (χ3n) is 9.17. The van der Waals surface area contributed by atoms with Crippen molar-refractivity contribution in [1.82, 2.24) is 26.6 Å². The zero-order valence-electron chi connectivity index (χ0n) is 36.1. The van der Waals surface area contributed by atoms with Crippen molar-refractivity contribution in [2.75, 3.05) is 14.2 Å². The summed E-state index contributed by atoms with van der Waals surface area (Å²) in [7, 11) is 2.28. The molecule has 1 aromatic carbocycles. The van der Waals surface area contributed by atoms with Crippen LogP contribution in [0.2, 0.25) is 0 Å². The van der Waals surface area contributed by atoms with Gasteiger partial charge in [0.15, 0.2) is 0 Å². The molecule has 0 aliphatic heterocycles. The molecule has 17 nitrogen and oxygen atoms in total. The molecule has 1 rings (SSSR count). The lowest BCUT2D eigenvalue weighted by Crippen LogP contribution is -2.69. The van der Waals surface area contributed by atoms with E-state index in [4.69, 9.17) is 18.9 Å². The Balaban J connectivity index is 3.65. The van der Waals surface area contributed by atoms with E-state index in [9.17, 15) is 38.4 Å². The highest BCUT2D eigenvalue weighted by atomic mass is 16.6. The van der Waals surface area contributed by atoms with Gasteiger partial charge < -0.3 is 45.5 Å². The van der Waals surface area contributed by atoms with Gasteiger partial charge in [0, 0.05) is 12.8 Å². The third kappa shape index (κ3) is 16.3. The van der Waals surface area contributed by atoms with E-state index in [0.717, 1.165) is 12.7 Å². The molecule has 0 saturated carbocycles. The minimum atomic E-state index is -2.65. The molecule has 5 amide bonds. The molecule has 5 N–H and O–H groups in total. The molecule has 326 valence electrons. The predicted octanol–water partition coefficient (Wildman–Crippen LogP) is 3.22. The number of carbonyl (C=O) groups excluding carboxylic acids is 8. The van der Waals surface area contributed by atoms with E-state index >= 15 is 0 Å². The van der Waals surface area contributed by atoms with E-state index in [-0.39, 0.29) is 31.3 Å². The summed E-state index contributed by atoms with van der Waals surface area (Å²) in [5, 5.41) is 12.8. The first kappa shape index (κ1) is 50.8. The Kier molecular flexibility index (Phi) is 20.9. The maximum atomic E-state index is 14.5. The van der Waals surface area contributed by atoms with E-state index in [1.54, 1.807) is 65.8 Å². The monoisotopic (exact) mass is 819 g/mol. The number of amides is 5. The Morgan fingerprint density at radius 1 is 0.707 bits per heavy atom. The molecule has 0 fully saturated rings. The van der Waals surface area contributed by atoms with E-state index in [0.29, 0.717) is 6.42 Å². The van der Waals surface area contributed by atoms with Gasteiger partial charge in [0.2, 0.25) is 23.3 Å². The average Bonchev–Trinajstić information content (AvgIpc) is 3.16. The zero-order chi connectivity index (χ0) is 44.4. The van der Waals surface area contributed by atoms with E-state index < -0.39 is 102 Å². The van der Waals surface area contributed by atoms with Gasteiger partial charge in [-0.2, -0.15) is 0 Å². The normalized spacial score (nSPS) is 14.9. The van der Waals surface area contributed by atoms with Crippen molar-refractivity contribution in [3.8, 4) is 0 Å². The van der Waals surface area contributed by atoms with Crippen LogP contribution in [0.4, 0.5) is 4.79 Å². The molecular formula is C41H65N5O12. The summed E-state index contributed by atoms with van der Waals surface area (Å²) in [5.41, 5.74) is -3.13. The maximum Gasteiger partial charge on any atom is 0.408 e. The first-order valence-electron chi connectivity index (χ1n) is 19.6. The van der Waals surface area contributed by atoms with Gasteiger partial charge in [0.1, 0.15) is 36.4 Å². The van der Waals surface area contributed by atoms with Gasteiger partial charge in [-0.3, -0.25) is 24.0 Å². The maximum absolute atomic E-state index is 14.5. The highest BCUT2D eigenvalue weighted by Crippen LogP contribution is 2.23. The van der Waals surface area contributed by atoms with Crippen molar-refractivity contribution in [2.45, 2.75) is 143 Å². The third-order valence-corrected chi connectivity index (χ3v) is 9.17. The fraction of sp³-hybridized carbons (Fsp3) is 0.659. The first-order chi connectivity index (χ1) is 27.0. The van der Waals surface area contributed by atoms with Crippen LogP contribution in [0.1, 0.15) is 107 Å². The average molecular weight is 820 g/mol. The minimum Gasteiger partial charge on any atom is -0.469 e. The SMILES string of the molecule is CC[C@H](NC(=O)C(CCC(=O)OC)(NC(=O)[C@H](CC(C)C)NC(=O)[C@@H](NC(=O)OCc1ccccc1)C(C)C)C(=O)OC(C)(C)C)C(=O)N[C@H](C(=O)OC)[C@@H](C)CC. The molecule has 0 bridgehead atoms. The predicted molar refractivity (Wildman–Crippen MR) is 213 cm³/mol. The van der Waals surface area contributed by atoms with Crippen LogP contribution in [0, 0.1) is 17.8 Å². The quantitative estimate of drug-likeness (QED) is 0.0645. The zero-order valence-corrected chi connectivity index (χ0v) is 36.1. The number of hydrogen-bond acceptors (Lipinski definition) is 12. The fourth-order valence-electron chi connectivity index (χ4n) is 5.61. The van der Waals surface area contributed by atoms with Gasteiger partial charge in [-0.25, -0.2) is 14.4 Å². The molecule has 0 saturated heterocycles. The number of methoxy groups -OCH3 is 2. The van der Waals surface area contributed by atoms with Crippen molar-refractivity contribution < 1.29 is 57.3 Å². The van der Waals surface area contributed by atoms with Crippen molar-refractivity contribution in [3.05, 3.63) is 35.9 Å². The molecule has 0 heterocycles. The highest BCUT2D eigenvalue weighted by Gasteiger charge is 2.52. The number of benzene rings is 1. The molecular weight excluding hydrogens is 754 g/mol. The smallest absolute Gasteiger partial charge is 0.408 e. The lowest BCUT2D eigenvalue weighted by Gasteiger charge is -2.36. The van der Waals surface area contributed by atoms with Gasteiger partial charge in [-0.15, -0.1) is 0 Å². The Labute approximate surface area is 342 Å². The summed E-state index contributed by atoms with van der Waals surface area (Å²) in [6.45, 7) is 16.6.